The van der Waals surface area contributed by atoms with Crippen molar-refractivity contribution >= 4 is 17.5 Å². The van der Waals surface area contributed by atoms with Gasteiger partial charge < -0.3 is 9.84 Å². The molecule has 2 aromatic rings. The highest BCUT2D eigenvalue weighted by molar-refractivity contribution is 7.07. The highest BCUT2D eigenvalue weighted by Gasteiger charge is 2.10. The molecule has 2 rings (SSSR count). The largest absolute Gasteiger partial charge is 0.478 e. The van der Waals surface area contributed by atoms with Crippen molar-refractivity contribution in [2.45, 2.75) is 19.8 Å². The fourth-order valence-electron chi connectivity index (χ4n) is 1.29. The molecule has 0 radical (unpaired) electrons. The molecular weight excluding hydrogens is 252 g/mol. The summed E-state index contributed by atoms with van der Waals surface area (Å²) in [5, 5.41) is 9.29. The van der Waals surface area contributed by atoms with Gasteiger partial charge in [-0.2, -0.15) is 9.36 Å². The summed E-state index contributed by atoms with van der Waals surface area (Å²) < 4.78 is 9.64. The van der Waals surface area contributed by atoms with E-state index in [1.165, 1.54) is 12.1 Å². The van der Waals surface area contributed by atoms with Gasteiger partial charge in [-0.3, -0.25) is 0 Å². The van der Waals surface area contributed by atoms with Crippen molar-refractivity contribution in [3.63, 3.8) is 0 Å². The quantitative estimate of drug-likeness (QED) is 0.918. The fourth-order valence-corrected chi connectivity index (χ4v) is 1.98. The number of carbonyl (C=O) groups is 1. The van der Waals surface area contributed by atoms with E-state index >= 15 is 0 Å². The molecule has 0 unspecified atom stereocenters. The van der Waals surface area contributed by atoms with E-state index in [0.717, 1.165) is 17.4 Å². The van der Waals surface area contributed by atoms with Gasteiger partial charge >= 0.3 is 5.97 Å². The first-order valence-electron chi connectivity index (χ1n) is 5.41. The van der Waals surface area contributed by atoms with Crippen LogP contribution in [0.5, 0.6) is 10.9 Å². The summed E-state index contributed by atoms with van der Waals surface area (Å²) in [5.74, 6) is 0.426. The van der Waals surface area contributed by atoms with Gasteiger partial charge in [-0.25, -0.2) is 4.79 Å². The molecule has 1 aromatic heterocycles. The molecular formula is C12H12N2O3S. The van der Waals surface area contributed by atoms with Crippen LogP contribution in [0.15, 0.2) is 24.3 Å². The summed E-state index contributed by atoms with van der Waals surface area (Å²) in [7, 11) is 0. The van der Waals surface area contributed by atoms with Gasteiger partial charge in [0.1, 0.15) is 11.6 Å². The minimum Gasteiger partial charge on any atom is -0.478 e. The molecule has 0 spiro atoms. The number of hydrogen-bond acceptors (Lipinski definition) is 5. The van der Waals surface area contributed by atoms with Crippen LogP contribution in [0.4, 0.5) is 0 Å². The summed E-state index contributed by atoms with van der Waals surface area (Å²) in [6.45, 7) is 3.99. The van der Waals surface area contributed by atoms with Crippen molar-refractivity contribution < 1.29 is 14.6 Å². The van der Waals surface area contributed by atoms with Crippen molar-refractivity contribution in [1.82, 2.24) is 9.36 Å². The lowest BCUT2D eigenvalue weighted by atomic mass is 10.2. The van der Waals surface area contributed by atoms with E-state index in [4.69, 9.17) is 9.84 Å². The maximum atomic E-state index is 10.8. The number of nitrogens with zero attached hydrogens (tertiary/aromatic N) is 2. The Balaban J connectivity index is 2.17. The molecule has 0 atom stereocenters. The molecule has 94 valence electrons. The Morgan fingerprint density at radius 2 is 2.22 bits per heavy atom. The third-order valence-electron chi connectivity index (χ3n) is 2.23. The molecule has 0 aliphatic carbocycles. The predicted molar refractivity (Wildman–Crippen MR) is 67.5 cm³/mol. The summed E-state index contributed by atoms with van der Waals surface area (Å²) in [6.07, 6.45) is 0. The summed E-state index contributed by atoms with van der Waals surface area (Å²) in [6, 6.07) is 6.28. The maximum Gasteiger partial charge on any atom is 0.335 e. The summed E-state index contributed by atoms with van der Waals surface area (Å²) in [5.41, 5.74) is 0.182. The number of rotatable bonds is 4. The lowest BCUT2D eigenvalue weighted by molar-refractivity contribution is 0.0696. The van der Waals surface area contributed by atoms with E-state index in [2.05, 4.69) is 9.36 Å². The van der Waals surface area contributed by atoms with Gasteiger partial charge in [-0.05, 0) is 18.2 Å². The second-order valence-corrected chi connectivity index (χ2v) is 4.72. The SMILES string of the molecule is CC(C)c1nsc(Oc2cccc(C(=O)O)c2)n1. The first kappa shape index (κ1) is 12.5. The minimum atomic E-state index is -0.986. The smallest absolute Gasteiger partial charge is 0.335 e. The molecule has 1 N–H and O–H groups in total. The normalized spacial score (nSPS) is 10.6. The van der Waals surface area contributed by atoms with Crippen LogP contribution in [0.1, 0.15) is 35.9 Å². The number of carboxylic acids is 1. The third kappa shape index (κ3) is 2.84. The standard InChI is InChI=1S/C12H12N2O3S/c1-7(2)10-13-12(18-14-10)17-9-5-3-4-8(6-9)11(15)16/h3-7H,1-2H3,(H,15,16). The number of aromatic nitrogens is 2. The van der Waals surface area contributed by atoms with Gasteiger partial charge in [0.25, 0.3) is 5.19 Å². The van der Waals surface area contributed by atoms with Crippen molar-refractivity contribution in [1.29, 1.82) is 0 Å². The molecule has 1 aromatic carbocycles. The third-order valence-corrected chi connectivity index (χ3v) is 2.83. The van der Waals surface area contributed by atoms with Crippen molar-refractivity contribution in [3.8, 4) is 10.9 Å². The fraction of sp³-hybridized carbons (Fsp3) is 0.250. The van der Waals surface area contributed by atoms with Crippen LogP contribution >= 0.6 is 11.5 Å². The highest BCUT2D eigenvalue weighted by atomic mass is 32.1. The Bertz CT molecular complexity index is 566. The van der Waals surface area contributed by atoms with Crippen molar-refractivity contribution in [3.05, 3.63) is 35.7 Å². The van der Waals surface area contributed by atoms with Crippen LogP contribution in [0.2, 0.25) is 0 Å². The van der Waals surface area contributed by atoms with E-state index in [0.29, 0.717) is 10.9 Å². The molecule has 18 heavy (non-hydrogen) atoms. The molecule has 5 nitrogen and oxygen atoms in total. The number of aromatic carboxylic acids is 1. The first-order chi connectivity index (χ1) is 8.56. The lowest BCUT2D eigenvalue weighted by Gasteiger charge is -2.02. The molecule has 1 heterocycles. The maximum absolute atomic E-state index is 10.8. The van der Waals surface area contributed by atoms with E-state index in [1.54, 1.807) is 12.1 Å². The van der Waals surface area contributed by atoms with Gasteiger partial charge in [0.15, 0.2) is 0 Å². The molecule has 0 amide bonds. The van der Waals surface area contributed by atoms with Crippen molar-refractivity contribution in [2.24, 2.45) is 0 Å². The molecule has 0 fully saturated rings. The van der Waals surface area contributed by atoms with E-state index < -0.39 is 5.97 Å². The Morgan fingerprint density at radius 1 is 1.44 bits per heavy atom. The van der Waals surface area contributed by atoms with Gasteiger partial charge in [-0.15, -0.1) is 0 Å². The van der Waals surface area contributed by atoms with Gasteiger partial charge in [0.2, 0.25) is 0 Å². The van der Waals surface area contributed by atoms with E-state index in [1.807, 2.05) is 13.8 Å². The van der Waals surface area contributed by atoms with Crippen LogP contribution in [0.3, 0.4) is 0 Å². The van der Waals surface area contributed by atoms with Crippen LogP contribution in [0, 0.1) is 0 Å². The summed E-state index contributed by atoms with van der Waals surface area (Å²) in [4.78, 5) is 15.0. The predicted octanol–water partition coefficient (Wildman–Crippen LogP) is 3.15. The van der Waals surface area contributed by atoms with Gasteiger partial charge in [-0.1, -0.05) is 19.9 Å². The zero-order valence-electron chi connectivity index (χ0n) is 9.95. The van der Waals surface area contributed by atoms with Crippen LogP contribution in [-0.4, -0.2) is 20.4 Å². The molecule has 6 heteroatoms. The topological polar surface area (TPSA) is 72.3 Å². The number of hydrogen-bond donors (Lipinski definition) is 1. The molecule has 0 aliphatic rings. The molecule has 0 saturated heterocycles. The second-order valence-electron chi connectivity index (χ2n) is 4.01. The Kier molecular flexibility index (Phi) is 3.57. The van der Waals surface area contributed by atoms with Crippen LogP contribution in [-0.2, 0) is 0 Å². The highest BCUT2D eigenvalue weighted by Crippen LogP contribution is 2.25. The van der Waals surface area contributed by atoms with Crippen LogP contribution in [0.25, 0.3) is 0 Å². The first-order valence-corrected chi connectivity index (χ1v) is 6.18. The van der Waals surface area contributed by atoms with E-state index in [9.17, 15) is 4.79 Å². The lowest BCUT2D eigenvalue weighted by Crippen LogP contribution is -1.96. The number of carboxylic acid groups (broad SMARTS) is 1. The summed E-state index contributed by atoms with van der Waals surface area (Å²) >= 11 is 1.16. The monoisotopic (exact) mass is 264 g/mol. The molecule has 0 aliphatic heterocycles. The van der Waals surface area contributed by atoms with Gasteiger partial charge in [0.05, 0.1) is 5.56 Å². The second kappa shape index (κ2) is 5.14. The minimum absolute atomic E-state index is 0.182. The average Bonchev–Trinajstić information content (AvgIpc) is 2.78. The number of benzene rings is 1. The Hall–Kier alpha value is -1.95. The zero-order chi connectivity index (χ0) is 13.1. The van der Waals surface area contributed by atoms with Crippen LogP contribution < -0.4 is 4.74 Å². The van der Waals surface area contributed by atoms with Crippen molar-refractivity contribution in [2.75, 3.05) is 0 Å². The zero-order valence-corrected chi connectivity index (χ0v) is 10.8. The molecule has 0 bridgehead atoms. The van der Waals surface area contributed by atoms with Gasteiger partial charge in [0, 0.05) is 17.5 Å². The average molecular weight is 264 g/mol. The Labute approximate surface area is 108 Å². The van der Waals surface area contributed by atoms with E-state index in [-0.39, 0.29) is 11.5 Å². The molecule has 0 saturated carbocycles. The number of ether oxygens (including phenoxy) is 1. The Morgan fingerprint density at radius 3 is 2.83 bits per heavy atom.